The first kappa shape index (κ1) is 16.6. The van der Waals surface area contributed by atoms with Gasteiger partial charge >= 0.3 is 0 Å². The van der Waals surface area contributed by atoms with Gasteiger partial charge in [-0.3, -0.25) is 4.79 Å². The lowest BCUT2D eigenvalue weighted by Gasteiger charge is -2.18. The quantitative estimate of drug-likeness (QED) is 0.505. The van der Waals surface area contributed by atoms with Gasteiger partial charge in [0, 0.05) is 27.6 Å². The van der Waals surface area contributed by atoms with Gasteiger partial charge in [-0.2, -0.15) is 0 Å². The summed E-state index contributed by atoms with van der Waals surface area (Å²) in [6.45, 7) is 0.580. The molecule has 0 heterocycles. The second-order valence-corrected chi connectivity index (χ2v) is 7.09. The van der Waals surface area contributed by atoms with Crippen molar-refractivity contribution in [2.45, 2.75) is 11.4 Å². The summed E-state index contributed by atoms with van der Waals surface area (Å²) in [6, 6.07) is 13.6. The van der Waals surface area contributed by atoms with Crippen molar-refractivity contribution in [3.05, 3.63) is 62.2 Å². The minimum absolute atomic E-state index is 0.0257. The first-order chi connectivity index (χ1) is 10.0. The van der Waals surface area contributed by atoms with E-state index in [1.165, 1.54) is 4.90 Å². The molecular weight excluding hydrogens is 417 g/mol. The van der Waals surface area contributed by atoms with Gasteiger partial charge in [-0.25, -0.2) is 0 Å². The zero-order valence-electron chi connectivity index (χ0n) is 11.8. The first-order valence-corrected chi connectivity index (χ1v) is 9.03. The predicted molar refractivity (Wildman–Crippen MR) is 98.2 cm³/mol. The normalized spacial score (nSPS) is 10.5. The van der Waals surface area contributed by atoms with E-state index in [0.717, 1.165) is 9.13 Å². The Labute approximate surface area is 148 Å². The summed E-state index contributed by atoms with van der Waals surface area (Å²) in [5, 5.41) is 0.610. The summed E-state index contributed by atoms with van der Waals surface area (Å²) in [7, 11) is 1.80. The summed E-state index contributed by atoms with van der Waals surface area (Å²) in [5.41, 5.74) is 1.73. The molecule has 0 aliphatic heterocycles. The van der Waals surface area contributed by atoms with Crippen LogP contribution in [-0.4, -0.2) is 24.1 Å². The molecule has 0 aliphatic carbocycles. The highest BCUT2D eigenvalue weighted by atomic mass is 127. The molecule has 0 spiro atoms. The van der Waals surface area contributed by atoms with Crippen molar-refractivity contribution in [1.29, 1.82) is 0 Å². The Bertz CT molecular complexity index is 645. The summed E-state index contributed by atoms with van der Waals surface area (Å²) in [4.78, 5) is 15.3. The third-order valence-corrected chi connectivity index (χ3v) is 5.41. The Morgan fingerprint density at radius 1 is 1.24 bits per heavy atom. The topological polar surface area (TPSA) is 20.3 Å². The van der Waals surface area contributed by atoms with Crippen LogP contribution in [0.5, 0.6) is 0 Å². The Hall–Kier alpha value is -0.720. The monoisotopic (exact) mass is 431 g/mol. The lowest BCUT2D eigenvalue weighted by atomic mass is 10.1. The molecule has 0 aromatic heterocycles. The second kappa shape index (κ2) is 7.51. The molecule has 0 atom stereocenters. The highest BCUT2D eigenvalue weighted by Crippen LogP contribution is 2.21. The minimum Gasteiger partial charge on any atom is -0.337 e. The zero-order valence-corrected chi connectivity index (χ0v) is 15.5. The van der Waals surface area contributed by atoms with Crippen LogP contribution in [0.1, 0.15) is 15.9 Å². The molecule has 2 aromatic carbocycles. The molecule has 110 valence electrons. The molecule has 1 amide bonds. The number of carbonyl (C=O) groups excluding carboxylic acids is 1. The number of thioether (sulfide) groups is 1. The molecule has 2 nitrogen and oxygen atoms in total. The third kappa shape index (κ3) is 4.37. The first-order valence-electron chi connectivity index (χ1n) is 6.34. The van der Waals surface area contributed by atoms with Gasteiger partial charge in [0.05, 0.1) is 5.02 Å². The van der Waals surface area contributed by atoms with Gasteiger partial charge in [-0.05, 0) is 64.7 Å². The number of rotatable bonds is 4. The summed E-state index contributed by atoms with van der Waals surface area (Å²) in [5.74, 6) is -0.0257. The molecule has 21 heavy (non-hydrogen) atoms. The number of carbonyl (C=O) groups is 1. The molecule has 2 aromatic rings. The van der Waals surface area contributed by atoms with E-state index >= 15 is 0 Å². The van der Waals surface area contributed by atoms with E-state index < -0.39 is 0 Å². The van der Waals surface area contributed by atoms with Crippen LogP contribution < -0.4 is 0 Å². The third-order valence-electron chi connectivity index (χ3n) is 3.09. The van der Waals surface area contributed by atoms with Gasteiger partial charge in [0.2, 0.25) is 0 Å². The van der Waals surface area contributed by atoms with E-state index in [1.807, 2.05) is 18.4 Å². The minimum atomic E-state index is -0.0257. The number of nitrogens with zero attached hydrogens (tertiary/aromatic N) is 1. The van der Waals surface area contributed by atoms with E-state index in [9.17, 15) is 4.79 Å². The largest absolute Gasteiger partial charge is 0.337 e. The smallest absolute Gasteiger partial charge is 0.253 e. The Morgan fingerprint density at radius 2 is 1.90 bits per heavy atom. The Morgan fingerprint density at radius 3 is 2.48 bits per heavy atom. The lowest BCUT2D eigenvalue weighted by Crippen LogP contribution is -2.26. The maximum Gasteiger partial charge on any atom is 0.253 e. The molecule has 0 saturated heterocycles. The molecule has 0 aliphatic rings. The average molecular weight is 432 g/mol. The van der Waals surface area contributed by atoms with Gasteiger partial charge in [0.25, 0.3) is 5.91 Å². The molecule has 0 N–H and O–H groups in total. The zero-order chi connectivity index (χ0) is 15.4. The van der Waals surface area contributed by atoms with Gasteiger partial charge in [0.15, 0.2) is 0 Å². The number of amides is 1. The van der Waals surface area contributed by atoms with Crippen LogP contribution in [0.4, 0.5) is 0 Å². The fourth-order valence-electron chi connectivity index (χ4n) is 1.93. The van der Waals surface area contributed by atoms with Crippen LogP contribution in [0.2, 0.25) is 5.02 Å². The Balaban J connectivity index is 2.09. The summed E-state index contributed by atoms with van der Waals surface area (Å²) in [6.07, 6.45) is 2.05. The molecule has 2 rings (SSSR count). The molecule has 0 bridgehead atoms. The average Bonchev–Trinajstić information content (AvgIpc) is 2.50. The van der Waals surface area contributed by atoms with E-state index in [-0.39, 0.29) is 5.91 Å². The van der Waals surface area contributed by atoms with Crippen LogP contribution in [0, 0.1) is 3.57 Å². The van der Waals surface area contributed by atoms with Gasteiger partial charge in [-0.15, -0.1) is 11.8 Å². The number of hydrogen-bond donors (Lipinski definition) is 0. The Kier molecular flexibility index (Phi) is 5.96. The van der Waals surface area contributed by atoms with Crippen molar-refractivity contribution < 1.29 is 4.79 Å². The van der Waals surface area contributed by atoms with Crippen LogP contribution in [0.15, 0.2) is 47.4 Å². The fourth-order valence-corrected chi connectivity index (χ4v) is 2.85. The molecule has 5 heteroatoms. The van der Waals surface area contributed by atoms with Crippen LogP contribution in [0.25, 0.3) is 0 Å². The van der Waals surface area contributed by atoms with Crippen molar-refractivity contribution >= 4 is 51.9 Å². The maximum absolute atomic E-state index is 12.4. The van der Waals surface area contributed by atoms with E-state index in [1.54, 1.807) is 29.8 Å². The summed E-state index contributed by atoms with van der Waals surface area (Å²) >= 11 is 9.93. The highest BCUT2D eigenvalue weighted by molar-refractivity contribution is 14.1. The van der Waals surface area contributed by atoms with Crippen molar-refractivity contribution in [2.75, 3.05) is 13.3 Å². The SMILES string of the molecule is CSc1ccc(CN(C)C(=O)c2ccc(I)c(Cl)c2)cc1. The maximum atomic E-state index is 12.4. The lowest BCUT2D eigenvalue weighted by molar-refractivity contribution is 0.0785. The van der Waals surface area contributed by atoms with Crippen LogP contribution >= 0.6 is 46.0 Å². The number of benzene rings is 2. The van der Waals surface area contributed by atoms with E-state index in [4.69, 9.17) is 11.6 Å². The standard InChI is InChI=1S/C16H15ClINOS/c1-19(10-11-3-6-13(21-2)7-4-11)16(20)12-5-8-15(18)14(17)9-12/h3-9H,10H2,1-2H3. The number of hydrogen-bond acceptors (Lipinski definition) is 2. The van der Waals surface area contributed by atoms with Gasteiger partial charge in [0.1, 0.15) is 0 Å². The summed E-state index contributed by atoms with van der Waals surface area (Å²) < 4.78 is 0.945. The highest BCUT2D eigenvalue weighted by Gasteiger charge is 2.13. The van der Waals surface area contributed by atoms with E-state index in [0.29, 0.717) is 17.1 Å². The fraction of sp³-hybridized carbons (Fsp3) is 0.188. The molecule has 0 saturated carbocycles. The molecular formula is C16H15ClINOS. The van der Waals surface area contributed by atoms with Gasteiger partial charge in [-0.1, -0.05) is 23.7 Å². The molecule has 0 radical (unpaired) electrons. The van der Waals surface area contributed by atoms with Crippen molar-refractivity contribution in [3.63, 3.8) is 0 Å². The van der Waals surface area contributed by atoms with Gasteiger partial charge < -0.3 is 4.90 Å². The van der Waals surface area contributed by atoms with Crippen molar-refractivity contribution in [3.8, 4) is 0 Å². The molecule has 0 unspecified atom stereocenters. The predicted octanol–water partition coefficient (Wildman–Crippen LogP) is 4.94. The van der Waals surface area contributed by atoms with Crippen molar-refractivity contribution in [1.82, 2.24) is 4.90 Å². The van der Waals surface area contributed by atoms with Crippen LogP contribution in [-0.2, 0) is 6.54 Å². The van der Waals surface area contributed by atoms with E-state index in [2.05, 4.69) is 46.9 Å². The van der Waals surface area contributed by atoms with Crippen molar-refractivity contribution in [2.24, 2.45) is 0 Å². The molecule has 0 fully saturated rings. The van der Waals surface area contributed by atoms with Crippen LogP contribution in [0.3, 0.4) is 0 Å². The second-order valence-electron chi connectivity index (χ2n) is 4.64. The number of halogens is 2.